The first-order valence-corrected chi connectivity index (χ1v) is 12.4. The van der Waals surface area contributed by atoms with Gasteiger partial charge in [0.25, 0.3) is 0 Å². The number of azo groups is 1. The predicted molar refractivity (Wildman–Crippen MR) is 148 cm³/mol. The number of para-hydroxylation sites is 1. The van der Waals surface area contributed by atoms with Gasteiger partial charge in [0.05, 0.1) is 23.8 Å². The van der Waals surface area contributed by atoms with E-state index in [1.165, 1.54) is 43.5 Å². The summed E-state index contributed by atoms with van der Waals surface area (Å²) >= 11 is 0. The molecule has 0 unspecified atom stereocenters. The Morgan fingerprint density at radius 2 is 1.59 bits per heavy atom. The van der Waals surface area contributed by atoms with Crippen LogP contribution in [0.3, 0.4) is 0 Å². The number of hydrogen-bond donors (Lipinski definition) is 2. The first-order valence-electron chi connectivity index (χ1n) is 12.4. The highest BCUT2D eigenvalue weighted by molar-refractivity contribution is 5.97. The molecule has 1 heterocycles. The second kappa shape index (κ2) is 10.5. The molecule has 0 spiro atoms. The number of alkyl halides is 3. The molecular weight excluding hydrogens is 535 g/mol. The van der Waals surface area contributed by atoms with Gasteiger partial charge in [-0.1, -0.05) is 47.5 Å². The number of phenols is 1. The lowest BCUT2D eigenvalue weighted by atomic mass is 9.99. The van der Waals surface area contributed by atoms with Gasteiger partial charge in [-0.15, -0.1) is 10.2 Å². The molecule has 0 aliphatic rings. The highest BCUT2D eigenvalue weighted by Crippen LogP contribution is 2.45. The maximum atomic E-state index is 13.6. The van der Waals surface area contributed by atoms with E-state index in [9.17, 15) is 28.2 Å². The smallest absolute Gasteiger partial charge is 0.416 e. The van der Waals surface area contributed by atoms with Gasteiger partial charge in [-0.3, -0.25) is 4.57 Å². The van der Waals surface area contributed by atoms with Crippen molar-refractivity contribution in [3.8, 4) is 28.4 Å². The zero-order valence-corrected chi connectivity index (χ0v) is 22.2. The summed E-state index contributed by atoms with van der Waals surface area (Å²) in [4.78, 5) is 12.1. The van der Waals surface area contributed by atoms with Gasteiger partial charge in [-0.2, -0.15) is 13.2 Å². The van der Waals surface area contributed by atoms with Gasteiger partial charge < -0.3 is 14.9 Å². The van der Waals surface area contributed by atoms with E-state index in [1.807, 2.05) is 32.0 Å². The fourth-order valence-electron chi connectivity index (χ4n) is 4.76. The standard InChI is InChI=1S/C31H24F3N3O4/c1-17-12-18(2)14-20(13-17)23-8-5-9-25(28(23)38)35-36-27-24-11-10-21(31(32,33)34)16-26(24)37(29(27)39)22-7-4-6-19(15-22)30(40)41-3/h4-16,38-39H,1-3H3. The SMILES string of the molecule is COC(=O)c1cccc(-n2c(O)c(N=Nc3cccc(-c4cc(C)cc(C)c4)c3O)c3ccc(C(F)(F)F)cc32)c1. The van der Waals surface area contributed by atoms with Gasteiger partial charge in [-0.25, -0.2) is 4.79 Å². The highest BCUT2D eigenvalue weighted by Gasteiger charge is 2.32. The van der Waals surface area contributed by atoms with Crippen molar-refractivity contribution in [2.45, 2.75) is 20.0 Å². The Balaban J connectivity index is 1.67. The summed E-state index contributed by atoms with van der Waals surface area (Å²) < 4.78 is 46.7. The minimum Gasteiger partial charge on any atom is -0.505 e. The van der Waals surface area contributed by atoms with Crippen molar-refractivity contribution in [1.82, 2.24) is 4.57 Å². The second-order valence-electron chi connectivity index (χ2n) is 9.53. The largest absolute Gasteiger partial charge is 0.505 e. The summed E-state index contributed by atoms with van der Waals surface area (Å²) in [5, 5.41) is 30.7. The predicted octanol–water partition coefficient (Wildman–Crippen LogP) is 8.55. The quantitative estimate of drug-likeness (QED) is 0.167. The molecule has 0 aliphatic carbocycles. The summed E-state index contributed by atoms with van der Waals surface area (Å²) in [5.74, 6) is -1.30. The molecule has 2 N–H and O–H groups in total. The number of halogens is 3. The number of carbonyl (C=O) groups excluding carboxylic acids is 1. The average molecular weight is 560 g/mol. The summed E-state index contributed by atoms with van der Waals surface area (Å²) in [6.07, 6.45) is -4.64. The molecule has 41 heavy (non-hydrogen) atoms. The zero-order chi connectivity index (χ0) is 29.5. The lowest BCUT2D eigenvalue weighted by Gasteiger charge is -2.10. The molecule has 1 aromatic heterocycles. The summed E-state index contributed by atoms with van der Waals surface area (Å²) in [7, 11) is 1.20. The van der Waals surface area contributed by atoms with Gasteiger partial charge in [0, 0.05) is 16.6 Å². The Morgan fingerprint density at radius 1 is 0.878 bits per heavy atom. The van der Waals surface area contributed by atoms with Gasteiger partial charge in [0.2, 0.25) is 5.88 Å². The van der Waals surface area contributed by atoms with E-state index in [0.717, 1.165) is 33.4 Å². The van der Waals surface area contributed by atoms with E-state index in [4.69, 9.17) is 4.74 Å². The third-order valence-corrected chi connectivity index (χ3v) is 6.58. The highest BCUT2D eigenvalue weighted by atomic mass is 19.4. The van der Waals surface area contributed by atoms with Gasteiger partial charge in [-0.05, 0) is 61.9 Å². The number of esters is 1. The molecule has 0 amide bonds. The third-order valence-electron chi connectivity index (χ3n) is 6.58. The topological polar surface area (TPSA) is 96.4 Å². The lowest BCUT2D eigenvalue weighted by molar-refractivity contribution is -0.137. The van der Waals surface area contributed by atoms with Crippen molar-refractivity contribution in [2.24, 2.45) is 10.2 Å². The molecule has 7 nitrogen and oxygen atoms in total. The third kappa shape index (κ3) is 5.23. The maximum absolute atomic E-state index is 13.6. The van der Waals surface area contributed by atoms with Gasteiger partial charge in [0.15, 0.2) is 11.4 Å². The molecule has 0 fully saturated rings. The second-order valence-corrected chi connectivity index (χ2v) is 9.53. The van der Waals surface area contributed by atoms with E-state index < -0.39 is 23.6 Å². The molecule has 10 heteroatoms. The molecule has 0 aliphatic heterocycles. The monoisotopic (exact) mass is 559 g/mol. The van der Waals surface area contributed by atoms with Crippen LogP contribution in [0.25, 0.3) is 27.7 Å². The zero-order valence-electron chi connectivity index (χ0n) is 22.2. The Labute approximate surface area is 232 Å². The minimum absolute atomic E-state index is 0.0125. The number of aromatic nitrogens is 1. The average Bonchev–Trinajstić information content (AvgIpc) is 3.21. The van der Waals surface area contributed by atoms with Crippen LogP contribution in [-0.4, -0.2) is 27.9 Å². The number of ether oxygens (including phenoxy) is 1. The van der Waals surface area contributed by atoms with Gasteiger partial charge in [0.1, 0.15) is 5.69 Å². The fourth-order valence-corrected chi connectivity index (χ4v) is 4.76. The first kappa shape index (κ1) is 27.4. The number of carbonyl (C=O) groups is 1. The van der Waals surface area contributed by atoms with Crippen LogP contribution in [0.4, 0.5) is 24.5 Å². The van der Waals surface area contributed by atoms with Crippen molar-refractivity contribution < 1.29 is 32.9 Å². The first-order chi connectivity index (χ1) is 19.5. The molecular formula is C31H24F3N3O4. The number of aromatic hydroxyl groups is 2. The van der Waals surface area contributed by atoms with Crippen LogP contribution in [0.15, 0.2) is 89.1 Å². The van der Waals surface area contributed by atoms with Crippen LogP contribution < -0.4 is 0 Å². The van der Waals surface area contributed by atoms with Crippen molar-refractivity contribution in [3.05, 3.63) is 101 Å². The number of phenolic OH excluding ortho intramolecular Hbond substituents is 1. The molecule has 208 valence electrons. The Kier molecular flexibility index (Phi) is 7.00. The van der Waals surface area contributed by atoms with Crippen LogP contribution >= 0.6 is 0 Å². The number of methoxy groups -OCH3 is 1. The maximum Gasteiger partial charge on any atom is 0.416 e. The number of rotatable bonds is 5. The van der Waals surface area contributed by atoms with Crippen LogP contribution in [0.1, 0.15) is 27.0 Å². The van der Waals surface area contributed by atoms with E-state index >= 15 is 0 Å². The Hall–Kier alpha value is -5.12. The van der Waals surface area contributed by atoms with Crippen molar-refractivity contribution in [1.29, 1.82) is 0 Å². The van der Waals surface area contributed by atoms with Crippen molar-refractivity contribution in [2.75, 3.05) is 7.11 Å². The molecule has 5 aromatic rings. The molecule has 0 atom stereocenters. The van der Waals surface area contributed by atoms with Crippen LogP contribution in [0, 0.1) is 13.8 Å². The number of nitrogens with zero attached hydrogens (tertiary/aromatic N) is 3. The molecule has 0 bridgehead atoms. The Bertz CT molecular complexity index is 1820. The Morgan fingerprint density at radius 3 is 2.27 bits per heavy atom. The normalized spacial score (nSPS) is 11.9. The summed E-state index contributed by atoms with van der Waals surface area (Å²) in [5.41, 5.74) is 2.70. The fraction of sp³-hybridized carbons (Fsp3) is 0.129. The van der Waals surface area contributed by atoms with E-state index in [-0.39, 0.29) is 39.3 Å². The van der Waals surface area contributed by atoms with Gasteiger partial charge >= 0.3 is 12.1 Å². The van der Waals surface area contributed by atoms with E-state index in [2.05, 4.69) is 10.2 Å². The van der Waals surface area contributed by atoms with Crippen LogP contribution in [0.2, 0.25) is 0 Å². The summed E-state index contributed by atoms with van der Waals surface area (Å²) in [6.45, 7) is 3.89. The molecule has 0 saturated carbocycles. The molecule has 4 aromatic carbocycles. The summed E-state index contributed by atoms with van der Waals surface area (Å²) in [6, 6.07) is 19.7. The van der Waals surface area contributed by atoms with Crippen LogP contribution in [-0.2, 0) is 10.9 Å². The van der Waals surface area contributed by atoms with Crippen molar-refractivity contribution >= 4 is 28.2 Å². The number of aryl methyl sites for hydroxylation is 2. The van der Waals surface area contributed by atoms with E-state index in [1.54, 1.807) is 12.1 Å². The number of hydrogen-bond acceptors (Lipinski definition) is 6. The number of benzene rings is 4. The van der Waals surface area contributed by atoms with E-state index in [0.29, 0.717) is 5.56 Å². The minimum atomic E-state index is -4.64. The van der Waals surface area contributed by atoms with Crippen molar-refractivity contribution in [3.63, 3.8) is 0 Å². The lowest BCUT2D eigenvalue weighted by Crippen LogP contribution is -2.05. The molecule has 0 radical (unpaired) electrons. The van der Waals surface area contributed by atoms with Crippen LogP contribution in [0.5, 0.6) is 11.6 Å². The number of fused-ring (bicyclic) bond motifs is 1. The molecule has 5 rings (SSSR count). The molecule has 0 saturated heterocycles.